The highest BCUT2D eigenvalue weighted by Crippen LogP contribution is 2.41. The molecule has 110 valence electrons. The van der Waals surface area contributed by atoms with Gasteiger partial charge in [0, 0.05) is 17.5 Å². The topological polar surface area (TPSA) is 35.5 Å². The van der Waals surface area contributed by atoms with Crippen molar-refractivity contribution in [2.45, 2.75) is 13.3 Å². The van der Waals surface area contributed by atoms with E-state index in [4.69, 9.17) is 9.47 Å². The van der Waals surface area contributed by atoms with E-state index >= 15 is 0 Å². The van der Waals surface area contributed by atoms with Crippen LogP contribution >= 0.6 is 15.9 Å². The normalized spacial score (nSPS) is 10.3. The van der Waals surface area contributed by atoms with Crippen molar-refractivity contribution in [3.63, 3.8) is 0 Å². The molecule has 0 radical (unpaired) electrons. The van der Waals surface area contributed by atoms with Crippen LogP contribution in [-0.2, 0) is 0 Å². The van der Waals surface area contributed by atoms with Crippen molar-refractivity contribution >= 4 is 21.7 Å². The van der Waals surface area contributed by atoms with Crippen molar-refractivity contribution in [1.82, 2.24) is 0 Å². The Hall–Kier alpha value is -1.81. The molecule has 0 N–H and O–H groups in total. The van der Waals surface area contributed by atoms with Gasteiger partial charge in [-0.05, 0) is 33.6 Å². The van der Waals surface area contributed by atoms with Crippen LogP contribution in [0.4, 0.5) is 0 Å². The molecule has 0 bridgehead atoms. The smallest absolute Gasteiger partial charge is 0.162 e. The van der Waals surface area contributed by atoms with Crippen LogP contribution in [0.1, 0.15) is 23.7 Å². The van der Waals surface area contributed by atoms with E-state index in [1.807, 2.05) is 43.3 Å². The minimum Gasteiger partial charge on any atom is -0.495 e. The molecular weight excluding hydrogens is 332 g/mol. The average molecular weight is 349 g/mol. The number of carbonyl (C=O) groups is 1. The number of carbonyl (C=O) groups excluding carboxylic acids is 1. The van der Waals surface area contributed by atoms with Gasteiger partial charge in [-0.2, -0.15) is 0 Å². The molecule has 0 aliphatic heterocycles. The van der Waals surface area contributed by atoms with Gasteiger partial charge in [0.2, 0.25) is 0 Å². The van der Waals surface area contributed by atoms with Crippen molar-refractivity contribution < 1.29 is 14.3 Å². The first-order valence-electron chi connectivity index (χ1n) is 6.66. The van der Waals surface area contributed by atoms with E-state index in [2.05, 4.69) is 15.9 Å². The molecule has 2 aromatic carbocycles. The zero-order chi connectivity index (χ0) is 15.4. The lowest BCUT2D eigenvalue weighted by molar-refractivity contribution is 0.0988. The Balaban J connectivity index is 2.47. The standard InChI is InChI=1S/C17H17BrO3/c1-4-14(19)12-7-5-11(6-8-12)13-9-10-15(20-2)16(18)17(13)21-3/h5-10H,4H2,1-3H3. The Bertz CT molecular complexity index is 648. The molecule has 0 heterocycles. The van der Waals surface area contributed by atoms with Crippen molar-refractivity contribution in [3.05, 3.63) is 46.4 Å². The summed E-state index contributed by atoms with van der Waals surface area (Å²) in [5.41, 5.74) is 2.66. The van der Waals surface area contributed by atoms with Crippen LogP contribution in [0.25, 0.3) is 11.1 Å². The van der Waals surface area contributed by atoms with Crippen molar-refractivity contribution in [2.75, 3.05) is 14.2 Å². The number of Topliss-reactive ketones (excluding diaryl/α,β-unsaturated/α-hetero) is 1. The Kier molecular flexibility index (Phi) is 5.02. The fraction of sp³-hybridized carbons (Fsp3) is 0.235. The van der Waals surface area contributed by atoms with Crippen LogP contribution < -0.4 is 9.47 Å². The number of halogens is 1. The lowest BCUT2D eigenvalue weighted by Crippen LogP contribution is -1.96. The summed E-state index contributed by atoms with van der Waals surface area (Å²) in [4.78, 5) is 11.7. The molecular formula is C17H17BrO3. The monoisotopic (exact) mass is 348 g/mol. The molecule has 0 spiro atoms. The van der Waals surface area contributed by atoms with E-state index in [1.54, 1.807) is 14.2 Å². The van der Waals surface area contributed by atoms with Crippen molar-refractivity contribution in [2.24, 2.45) is 0 Å². The summed E-state index contributed by atoms with van der Waals surface area (Å²) in [6.07, 6.45) is 0.511. The van der Waals surface area contributed by atoms with Gasteiger partial charge in [0.15, 0.2) is 5.78 Å². The maximum atomic E-state index is 11.7. The summed E-state index contributed by atoms with van der Waals surface area (Å²) in [7, 11) is 3.24. The fourth-order valence-electron chi connectivity index (χ4n) is 2.16. The van der Waals surface area contributed by atoms with E-state index in [-0.39, 0.29) is 5.78 Å². The number of ketones is 1. The molecule has 21 heavy (non-hydrogen) atoms. The van der Waals surface area contributed by atoms with E-state index < -0.39 is 0 Å². The van der Waals surface area contributed by atoms with Crippen LogP contribution in [0.5, 0.6) is 11.5 Å². The lowest BCUT2D eigenvalue weighted by Gasteiger charge is -2.13. The second-order valence-corrected chi connectivity index (χ2v) is 5.31. The molecule has 2 aromatic rings. The third-order valence-electron chi connectivity index (χ3n) is 3.32. The van der Waals surface area contributed by atoms with Gasteiger partial charge in [-0.3, -0.25) is 4.79 Å². The number of benzene rings is 2. The highest BCUT2D eigenvalue weighted by molar-refractivity contribution is 9.10. The number of rotatable bonds is 5. The zero-order valence-electron chi connectivity index (χ0n) is 12.3. The van der Waals surface area contributed by atoms with Crippen LogP contribution in [0.3, 0.4) is 0 Å². The van der Waals surface area contributed by atoms with Gasteiger partial charge in [0.25, 0.3) is 0 Å². The first-order valence-corrected chi connectivity index (χ1v) is 7.45. The van der Waals surface area contributed by atoms with Crippen molar-refractivity contribution in [3.8, 4) is 22.6 Å². The van der Waals surface area contributed by atoms with E-state index in [9.17, 15) is 4.79 Å². The number of ether oxygens (including phenoxy) is 2. The Morgan fingerprint density at radius 2 is 1.71 bits per heavy atom. The molecule has 4 heteroatoms. The van der Waals surface area contributed by atoms with Gasteiger partial charge >= 0.3 is 0 Å². The van der Waals surface area contributed by atoms with Gasteiger partial charge in [0.1, 0.15) is 16.0 Å². The summed E-state index contributed by atoms with van der Waals surface area (Å²) in [5.74, 6) is 1.57. The molecule has 3 nitrogen and oxygen atoms in total. The largest absolute Gasteiger partial charge is 0.495 e. The SMILES string of the molecule is CCC(=O)c1ccc(-c2ccc(OC)c(Br)c2OC)cc1. The number of hydrogen-bond donors (Lipinski definition) is 0. The molecule has 2 rings (SSSR count). The summed E-state index contributed by atoms with van der Waals surface area (Å²) in [5, 5.41) is 0. The van der Waals surface area contributed by atoms with Crippen LogP contribution in [0, 0.1) is 0 Å². The van der Waals surface area contributed by atoms with Gasteiger partial charge < -0.3 is 9.47 Å². The van der Waals surface area contributed by atoms with E-state index in [0.29, 0.717) is 17.9 Å². The minimum atomic E-state index is 0.143. The van der Waals surface area contributed by atoms with Crippen LogP contribution in [-0.4, -0.2) is 20.0 Å². The fourth-order valence-corrected chi connectivity index (χ4v) is 2.83. The molecule has 0 atom stereocenters. The summed E-state index contributed by atoms with van der Waals surface area (Å²) >= 11 is 3.49. The molecule has 0 saturated carbocycles. The van der Waals surface area contributed by atoms with Gasteiger partial charge in [-0.1, -0.05) is 31.2 Å². The first-order chi connectivity index (χ1) is 10.1. The first kappa shape index (κ1) is 15.6. The average Bonchev–Trinajstić information content (AvgIpc) is 2.54. The van der Waals surface area contributed by atoms with Gasteiger partial charge in [-0.25, -0.2) is 0 Å². The second kappa shape index (κ2) is 6.76. The third kappa shape index (κ3) is 3.10. The highest BCUT2D eigenvalue weighted by atomic mass is 79.9. The molecule has 0 aromatic heterocycles. The maximum Gasteiger partial charge on any atom is 0.162 e. The summed E-state index contributed by atoms with van der Waals surface area (Å²) in [6.45, 7) is 1.86. The zero-order valence-corrected chi connectivity index (χ0v) is 13.9. The Morgan fingerprint density at radius 1 is 1.05 bits per heavy atom. The predicted molar refractivity (Wildman–Crippen MR) is 87.3 cm³/mol. The van der Waals surface area contributed by atoms with Crippen LogP contribution in [0.15, 0.2) is 40.9 Å². The number of methoxy groups -OCH3 is 2. The van der Waals surface area contributed by atoms with Crippen molar-refractivity contribution in [1.29, 1.82) is 0 Å². The third-order valence-corrected chi connectivity index (χ3v) is 4.08. The van der Waals surface area contributed by atoms with E-state index in [0.717, 1.165) is 21.2 Å². The molecule has 0 amide bonds. The highest BCUT2D eigenvalue weighted by Gasteiger charge is 2.14. The van der Waals surface area contributed by atoms with Gasteiger partial charge in [-0.15, -0.1) is 0 Å². The van der Waals surface area contributed by atoms with E-state index in [1.165, 1.54) is 0 Å². The predicted octanol–water partition coefficient (Wildman–Crippen LogP) is 4.73. The lowest BCUT2D eigenvalue weighted by atomic mass is 10.0. The molecule has 0 aliphatic rings. The molecule has 0 saturated heterocycles. The summed E-state index contributed by atoms with van der Waals surface area (Å²) < 4.78 is 11.5. The molecule has 0 fully saturated rings. The quantitative estimate of drug-likeness (QED) is 0.733. The summed E-state index contributed by atoms with van der Waals surface area (Å²) in [6, 6.07) is 11.4. The number of hydrogen-bond acceptors (Lipinski definition) is 3. The minimum absolute atomic E-state index is 0.143. The van der Waals surface area contributed by atoms with Gasteiger partial charge in [0.05, 0.1) is 14.2 Å². The van der Waals surface area contributed by atoms with Crippen LogP contribution in [0.2, 0.25) is 0 Å². The molecule has 0 aliphatic carbocycles. The Morgan fingerprint density at radius 3 is 2.24 bits per heavy atom. The molecule has 0 unspecified atom stereocenters. The Labute approximate surface area is 133 Å². The second-order valence-electron chi connectivity index (χ2n) is 4.52. The maximum absolute atomic E-state index is 11.7.